The summed E-state index contributed by atoms with van der Waals surface area (Å²) in [5.74, 6) is 1.82. The number of hydrogen-bond donors (Lipinski definition) is 1. The molecule has 5 nitrogen and oxygen atoms in total. The summed E-state index contributed by atoms with van der Waals surface area (Å²) in [4.78, 5) is 16.7. The molecular formula is C21H26N2O3. The van der Waals surface area contributed by atoms with Gasteiger partial charge in [0.25, 0.3) is 0 Å². The second-order valence-corrected chi connectivity index (χ2v) is 6.61. The van der Waals surface area contributed by atoms with Gasteiger partial charge in [0.05, 0.1) is 24.8 Å². The highest BCUT2D eigenvalue weighted by atomic mass is 16.5. The second kappa shape index (κ2) is 8.70. The first-order chi connectivity index (χ1) is 12.7. The van der Waals surface area contributed by atoms with Crippen LogP contribution in [0, 0.1) is 6.92 Å². The van der Waals surface area contributed by atoms with Gasteiger partial charge in [0.2, 0.25) is 11.8 Å². The lowest BCUT2D eigenvalue weighted by molar-refractivity contribution is -0.120. The van der Waals surface area contributed by atoms with Gasteiger partial charge in [-0.1, -0.05) is 23.8 Å². The van der Waals surface area contributed by atoms with Crippen molar-refractivity contribution in [2.24, 2.45) is 0 Å². The van der Waals surface area contributed by atoms with Crippen LogP contribution in [-0.2, 0) is 11.2 Å². The number of oxazole rings is 1. The third-order valence-corrected chi connectivity index (χ3v) is 4.71. The number of carbonyl (C=O) groups is 1. The quantitative estimate of drug-likeness (QED) is 0.757. The number of ether oxygens (including phenoxy) is 1. The molecule has 1 aromatic heterocycles. The number of nitrogens with zero attached hydrogens (tertiary/aromatic N) is 1. The molecule has 1 heterocycles. The number of nitrogens with one attached hydrogen (secondary N) is 1. The molecule has 0 bridgehead atoms. The normalized spacial score (nSPS) is 14.0. The van der Waals surface area contributed by atoms with Crippen LogP contribution in [0.2, 0.25) is 0 Å². The van der Waals surface area contributed by atoms with E-state index < -0.39 is 0 Å². The smallest absolute Gasteiger partial charge is 0.230 e. The third kappa shape index (κ3) is 4.54. The number of benzene rings is 1. The zero-order chi connectivity index (χ0) is 18.4. The molecule has 5 heteroatoms. The van der Waals surface area contributed by atoms with E-state index >= 15 is 0 Å². The monoisotopic (exact) mass is 354 g/mol. The van der Waals surface area contributed by atoms with Crippen molar-refractivity contribution in [2.75, 3.05) is 13.7 Å². The van der Waals surface area contributed by atoms with E-state index in [4.69, 9.17) is 9.15 Å². The van der Waals surface area contributed by atoms with Gasteiger partial charge in [-0.15, -0.1) is 0 Å². The lowest BCUT2D eigenvalue weighted by Gasteiger charge is -2.12. The predicted molar refractivity (Wildman–Crippen MR) is 101 cm³/mol. The van der Waals surface area contributed by atoms with Crippen molar-refractivity contribution < 1.29 is 13.9 Å². The van der Waals surface area contributed by atoms with Gasteiger partial charge in [0.15, 0.2) is 0 Å². The molecule has 0 aliphatic heterocycles. The maximum absolute atomic E-state index is 12.2. The Hall–Kier alpha value is -2.56. The Bertz CT molecular complexity index is 792. The molecule has 1 N–H and O–H groups in total. The lowest BCUT2D eigenvalue weighted by Crippen LogP contribution is -2.26. The average molecular weight is 354 g/mol. The van der Waals surface area contributed by atoms with E-state index in [-0.39, 0.29) is 12.3 Å². The number of aromatic nitrogens is 1. The Morgan fingerprint density at radius 2 is 2.15 bits per heavy atom. The van der Waals surface area contributed by atoms with Gasteiger partial charge in [-0.3, -0.25) is 4.79 Å². The summed E-state index contributed by atoms with van der Waals surface area (Å²) in [6.45, 7) is 2.52. The van der Waals surface area contributed by atoms with Gasteiger partial charge in [-0.25, -0.2) is 4.98 Å². The molecule has 0 atom stereocenters. The second-order valence-electron chi connectivity index (χ2n) is 6.61. The van der Waals surface area contributed by atoms with E-state index in [1.807, 2.05) is 31.2 Å². The van der Waals surface area contributed by atoms with Crippen LogP contribution in [0.25, 0.3) is 11.5 Å². The maximum Gasteiger partial charge on any atom is 0.230 e. The van der Waals surface area contributed by atoms with Crippen molar-refractivity contribution in [2.45, 2.75) is 45.4 Å². The maximum atomic E-state index is 12.2. The van der Waals surface area contributed by atoms with Crippen LogP contribution in [0.1, 0.15) is 43.6 Å². The van der Waals surface area contributed by atoms with Gasteiger partial charge in [0, 0.05) is 6.54 Å². The number of rotatable bonds is 7. The Morgan fingerprint density at radius 3 is 2.92 bits per heavy atom. The summed E-state index contributed by atoms with van der Waals surface area (Å²) in [6.07, 6.45) is 8.38. The van der Waals surface area contributed by atoms with Crippen LogP contribution >= 0.6 is 0 Å². The minimum absolute atomic E-state index is 0.0237. The van der Waals surface area contributed by atoms with Crippen LogP contribution in [0.15, 0.2) is 40.3 Å². The van der Waals surface area contributed by atoms with Gasteiger partial charge in [-0.2, -0.15) is 0 Å². The molecular weight excluding hydrogens is 328 g/mol. The first kappa shape index (κ1) is 18.2. The van der Waals surface area contributed by atoms with Gasteiger partial charge in [0.1, 0.15) is 11.5 Å². The molecule has 0 radical (unpaired) electrons. The molecule has 1 aromatic carbocycles. The summed E-state index contributed by atoms with van der Waals surface area (Å²) < 4.78 is 11.1. The third-order valence-electron chi connectivity index (χ3n) is 4.71. The van der Waals surface area contributed by atoms with Crippen LogP contribution in [-0.4, -0.2) is 24.5 Å². The molecule has 1 amide bonds. The van der Waals surface area contributed by atoms with Crippen LogP contribution in [0.4, 0.5) is 0 Å². The molecule has 138 valence electrons. The van der Waals surface area contributed by atoms with Crippen molar-refractivity contribution in [1.29, 1.82) is 0 Å². The summed E-state index contributed by atoms with van der Waals surface area (Å²) in [5.41, 5.74) is 2.92. The summed E-state index contributed by atoms with van der Waals surface area (Å²) in [7, 11) is 1.62. The minimum Gasteiger partial charge on any atom is -0.496 e. The molecule has 0 saturated carbocycles. The Kier molecular flexibility index (Phi) is 6.10. The van der Waals surface area contributed by atoms with Gasteiger partial charge < -0.3 is 14.5 Å². The number of methoxy groups -OCH3 is 1. The van der Waals surface area contributed by atoms with E-state index in [0.29, 0.717) is 29.6 Å². The first-order valence-electron chi connectivity index (χ1n) is 9.21. The fourth-order valence-corrected chi connectivity index (χ4v) is 3.24. The number of para-hydroxylation sites is 1. The Balaban J connectivity index is 1.58. The number of amides is 1. The highest BCUT2D eigenvalue weighted by Crippen LogP contribution is 2.30. The number of aryl methyl sites for hydroxylation is 1. The average Bonchev–Trinajstić information content (AvgIpc) is 3.03. The van der Waals surface area contributed by atoms with Crippen molar-refractivity contribution in [3.63, 3.8) is 0 Å². The minimum atomic E-state index is -0.0237. The Labute approximate surface area is 154 Å². The van der Waals surface area contributed by atoms with Crippen LogP contribution in [0.5, 0.6) is 5.75 Å². The van der Waals surface area contributed by atoms with E-state index in [2.05, 4.69) is 16.4 Å². The molecule has 1 aliphatic rings. The molecule has 1 aliphatic carbocycles. The molecule has 3 rings (SSSR count). The number of allylic oxidation sites excluding steroid dienone is 1. The van der Waals surface area contributed by atoms with Crippen molar-refractivity contribution in [3.8, 4) is 17.2 Å². The fourth-order valence-electron chi connectivity index (χ4n) is 3.24. The molecule has 0 unspecified atom stereocenters. The fraction of sp³-hybridized carbons (Fsp3) is 0.429. The zero-order valence-electron chi connectivity index (χ0n) is 15.5. The summed E-state index contributed by atoms with van der Waals surface area (Å²) in [5, 5.41) is 2.99. The molecule has 0 spiro atoms. The molecule has 0 saturated heterocycles. The topological polar surface area (TPSA) is 64.4 Å². The van der Waals surface area contributed by atoms with E-state index in [0.717, 1.165) is 12.0 Å². The Morgan fingerprint density at radius 1 is 1.31 bits per heavy atom. The molecule has 0 fully saturated rings. The highest BCUT2D eigenvalue weighted by molar-refractivity contribution is 5.78. The summed E-state index contributed by atoms with van der Waals surface area (Å²) >= 11 is 0. The zero-order valence-corrected chi connectivity index (χ0v) is 15.5. The number of carbonyl (C=O) groups excluding carboxylic acids is 1. The standard InChI is InChI=1S/C21H26N2O3/c1-15-18(14-20(24)22-13-12-16-8-4-3-5-9-16)23-21(26-15)17-10-6-7-11-19(17)25-2/h6-8,10-11H,3-5,9,12-14H2,1-2H3,(H,22,24). The van der Waals surface area contributed by atoms with E-state index in [9.17, 15) is 4.79 Å². The van der Waals surface area contributed by atoms with E-state index in [1.54, 1.807) is 7.11 Å². The largest absolute Gasteiger partial charge is 0.496 e. The van der Waals surface area contributed by atoms with Crippen LogP contribution in [0.3, 0.4) is 0 Å². The number of hydrogen-bond acceptors (Lipinski definition) is 4. The van der Waals surface area contributed by atoms with Gasteiger partial charge in [-0.05, 0) is 51.2 Å². The van der Waals surface area contributed by atoms with Crippen molar-refractivity contribution in [3.05, 3.63) is 47.4 Å². The van der Waals surface area contributed by atoms with E-state index in [1.165, 1.54) is 31.3 Å². The highest BCUT2D eigenvalue weighted by Gasteiger charge is 2.17. The van der Waals surface area contributed by atoms with Crippen LogP contribution < -0.4 is 10.1 Å². The SMILES string of the molecule is COc1ccccc1-c1nc(CC(=O)NCCC2=CCCCC2)c(C)o1. The van der Waals surface area contributed by atoms with Crippen molar-refractivity contribution in [1.82, 2.24) is 10.3 Å². The lowest BCUT2D eigenvalue weighted by atomic mass is 9.97. The summed E-state index contributed by atoms with van der Waals surface area (Å²) in [6, 6.07) is 7.56. The van der Waals surface area contributed by atoms with Gasteiger partial charge >= 0.3 is 0 Å². The molecule has 2 aromatic rings. The van der Waals surface area contributed by atoms with Crippen molar-refractivity contribution >= 4 is 5.91 Å². The molecule has 26 heavy (non-hydrogen) atoms. The predicted octanol–water partition coefficient (Wildman–Crippen LogP) is 4.21. The first-order valence-corrected chi connectivity index (χ1v) is 9.21.